The third-order valence-corrected chi connectivity index (χ3v) is 9.67. The molecule has 10 aromatic rings. The lowest BCUT2D eigenvalue weighted by molar-refractivity contribution is 0.653. The Labute approximate surface area is 282 Å². The zero-order valence-corrected chi connectivity index (χ0v) is 26.5. The van der Waals surface area contributed by atoms with E-state index in [0.29, 0.717) is 5.71 Å². The zero-order chi connectivity index (χ0) is 32.3. The molecule has 0 saturated heterocycles. The third kappa shape index (κ3) is 4.51. The van der Waals surface area contributed by atoms with E-state index in [9.17, 15) is 0 Å². The van der Waals surface area contributed by atoms with Crippen molar-refractivity contribution in [2.45, 2.75) is 0 Å². The summed E-state index contributed by atoms with van der Waals surface area (Å²) in [6.07, 6.45) is 0. The van der Waals surface area contributed by atoms with Crippen LogP contribution in [0.2, 0.25) is 0 Å². The van der Waals surface area contributed by atoms with Crippen LogP contribution in [0, 0.1) is 0 Å². The SMILES string of the molecule is c1ccc(-c2nc3oc4ccc(-c5cccc(-c6ccc7c8ccccc8c8ccccc8c7c6)c5)cc4c3nc2-c2ccccc2)cc1. The summed E-state index contributed by atoms with van der Waals surface area (Å²) in [7, 11) is 0. The maximum absolute atomic E-state index is 6.32. The van der Waals surface area contributed by atoms with Crippen LogP contribution in [0.5, 0.6) is 0 Å². The summed E-state index contributed by atoms with van der Waals surface area (Å²) >= 11 is 0. The Balaban J connectivity index is 1.11. The van der Waals surface area contributed by atoms with Gasteiger partial charge in [-0.25, -0.2) is 9.97 Å². The lowest BCUT2D eigenvalue weighted by Gasteiger charge is -2.12. The summed E-state index contributed by atoms with van der Waals surface area (Å²) in [5, 5.41) is 8.63. The molecule has 0 aliphatic rings. The van der Waals surface area contributed by atoms with Gasteiger partial charge in [0, 0.05) is 16.5 Å². The van der Waals surface area contributed by atoms with Crippen molar-refractivity contribution in [3.63, 3.8) is 0 Å². The second kappa shape index (κ2) is 11.0. The smallest absolute Gasteiger partial charge is 0.246 e. The van der Waals surface area contributed by atoms with E-state index < -0.39 is 0 Å². The Bertz CT molecular complexity index is 2840. The van der Waals surface area contributed by atoms with Crippen LogP contribution in [0.25, 0.3) is 99.3 Å². The first-order chi connectivity index (χ1) is 24.3. The first-order valence-corrected chi connectivity index (χ1v) is 16.6. The normalized spacial score (nSPS) is 11.7. The van der Waals surface area contributed by atoms with Crippen molar-refractivity contribution in [3.05, 3.63) is 170 Å². The van der Waals surface area contributed by atoms with Crippen molar-refractivity contribution in [1.82, 2.24) is 9.97 Å². The first-order valence-electron chi connectivity index (χ1n) is 16.6. The summed E-state index contributed by atoms with van der Waals surface area (Å²) in [6, 6.07) is 59.9. The molecule has 2 heterocycles. The van der Waals surface area contributed by atoms with Gasteiger partial charge >= 0.3 is 0 Å². The van der Waals surface area contributed by atoms with Crippen LogP contribution in [0.15, 0.2) is 174 Å². The Hall–Kier alpha value is -6.58. The Morgan fingerprint density at radius 3 is 1.37 bits per heavy atom. The van der Waals surface area contributed by atoms with Gasteiger partial charge in [0.1, 0.15) is 16.8 Å². The Morgan fingerprint density at radius 1 is 0.306 bits per heavy atom. The fourth-order valence-corrected chi connectivity index (χ4v) is 7.31. The maximum atomic E-state index is 6.32. The van der Waals surface area contributed by atoms with Crippen LogP contribution in [-0.4, -0.2) is 9.97 Å². The molecule has 0 amide bonds. The van der Waals surface area contributed by atoms with Crippen LogP contribution in [-0.2, 0) is 0 Å². The van der Waals surface area contributed by atoms with Gasteiger partial charge in [-0.3, -0.25) is 0 Å². The molecule has 0 radical (unpaired) electrons. The molecule has 0 fully saturated rings. The van der Waals surface area contributed by atoms with E-state index in [1.807, 2.05) is 42.5 Å². The molecule has 0 saturated carbocycles. The summed E-state index contributed by atoms with van der Waals surface area (Å²) in [4.78, 5) is 10.3. The minimum atomic E-state index is 0.537. The quantitative estimate of drug-likeness (QED) is 0.183. The highest BCUT2D eigenvalue weighted by Crippen LogP contribution is 2.39. The van der Waals surface area contributed by atoms with Gasteiger partial charge in [0.2, 0.25) is 5.71 Å². The fraction of sp³-hybridized carbons (Fsp3) is 0. The number of hydrogen-bond acceptors (Lipinski definition) is 3. The molecule has 3 nitrogen and oxygen atoms in total. The average molecular weight is 625 g/mol. The number of hydrogen-bond donors (Lipinski definition) is 0. The van der Waals surface area contributed by atoms with Crippen molar-refractivity contribution in [2.75, 3.05) is 0 Å². The first kappa shape index (κ1) is 27.5. The zero-order valence-electron chi connectivity index (χ0n) is 26.5. The number of benzene rings is 8. The van der Waals surface area contributed by atoms with Gasteiger partial charge in [-0.1, -0.05) is 146 Å². The topological polar surface area (TPSA) is 38.9 Å². The molecule has 0 spiro atoms. The second-order valence-corrected chi connectivity index (χ2v) is 12.6. The molecular weight excluding hydrogens is 597 g/mol. The fourth-order valence-electron chi connectivity index (χ4n) is 7.31. The van der Waals surface area contributed by atoms with Gasteiger partial charge < -0.3 is 4.42 Å². The molecule has 0 bridgehead atoms. The van der Waals surface area contributed by atoms with Crippen molar-refractivity contribution in [2.24, 2.45) is 0 Å². The molecule has 0 unspecified atom stereocenters. The van der Waals surface area contributed by atoms with E-state index >= 15 is 0 Å². The van der Waals surface area contributed by atoms with Crippen molar-refractivity contribution < 1.29 is 4.42 Å². The molecule has 2 aromatic heterocycles. The highest BCUT2D eigenvalue weighted by atomic mass is 16.3. The van der Waals surface area contributed by atoms with E-state index in [4.69, 9.17) is 14.4 Å². The predicted octanol–water partition coefficient (Wildman–Crippen LogP) is 12.5. The molecule has 0 N–H and O–H groups in total. The molecular formula is C46H28N2O. The van der Waals surface area contributed by atoms with E-state index in [0.717, 1.165) is 50.1 Å². The summed E-state index contributed by atoms with van der Waals surface area (Å²) < 4.78 is 6.32. The van der Waals surface area contributed by atoms with Gasteiger partial charge in [0.15, 0.2) is 0 Å². The lowest BCUT2D eigenvalue weighted by Crippen LogP contribution is -1.94. The van der Waals surface area contributed by atoms with Gasteiger partial charge in [-0.05, 0) is 78.8 Å². The van der Waals surface area contributed by atoms with Gasteiger partial charge in [-0.2, -0.15) is 0 Å². The van der Waals surface area contributed by atoms with Crippen LogP contribution in [0.3, 0.4) is 0 Å². The van der Waals surface area contributed by atoms with E-state index in [2.05, 4.69) is 127 Å². The largest absolute Gasteiger partial charge is 0.436 e. The lowest BCUT2D eigenvalue weighted by atomic mass is 9.91. The molecule has 49 heavy (non-hydrogen) atoms. The van der Waals surface area contributed by atoms with Gasteiger partial charge in [0.05, 0.1) is 5.69 Å². The van der Waals surface area contributed by atoms with Crippen molar-refractivity contribution in [1.29, 1.82) is 0 Å². The molecule has 228 valence electrons. The Morgan fingerprint density at radius 2 is 0.755 bits per heavy atom. The maximum Gasteiger partial charge on any atom is 0.246 e. The number of nitrogens with zero attached hydrogens (tertiary/aromatic N) is 2. The van der Waals surface area contributed by atoms with Gasteiger partial charge in [-0.15, -0.1) is 0 Å². The molecule has 0 atom stereocenters. The van der Waals surface area contributed by atoms with Crippen molar-refractivity contribution >= 4 is 54.5 Å². The van der Waals surface area contributed by atoms with Crippen LogP contribution < -0.4 is 0 Å². The minimum Gasteiger partial charge on any atom is -0.436 e. The minimum absolute atomic E-state index is 0.537. The summed E-state index contributed by atoms with van der Waals surface area (Å²) in [5.41, 5.74) is 10.3. The third-order valence-electron chi connectivity index (χ3n) is 9.67. The summed E-state index contributed by atoms with van der Waals surface area (Å²) in [6.45, 7) is 0. The van der Waals surface area contributed by atoms with Crippen molar-refractivity contribution in [3.8, 4) is 44.8 Å². The highest BCUT2D eigenvalue weighted by Gasteiger charge is 2.18. The molecule has 10 rings (SSSR count). The molecule has 3 heteroatoms. The monoisotopic (exact) mass is 624 g/mol. The second-order valence-electron chi connectivity index (χ2n) is 12.6. The van der Waals surface area contributed by atoms with E-state index in [1.165, 1.54) is 43.4 Å². The van der Waals surface area contributed by atoms with E-state index in [1.54, 1.807) is 0 Å². The highest BCUT2D eigenvalue weighted by molar-refractivity contribution is 6.25. The van der Waals surface area contributed by atoms with E-state index in [-0.39, 0.29) is 0 Å². The average Bonchev–Trinajstić information content (AvgIpc) is 3.55. The number of furan rings is 1. The number of fused-ring (bicyclic) bond motifs is 9. The predicted molar refractivity (Wildman–Crippen MR) is 204 cm³/mol. The van der Waals surface area contributed by atoms with Crippen LogP contribution >= 0.6 is 0 Å². The number of aromatic nitrogens is 2. The van der Waals surface area contributed by atoms with Gasteiger partial charge in [0.25, 0.3) is 0 Å². The van der Waals surface area contributed by atoms with Crippen LogP contribution in [0.1, 0.15) is 0 Å². The molecule has 0 aliphatic heterocycles. The Kier molecular flexibility index (Phi) is 6.18. The summed E-state index contributed by atoms with van der Waals surface area (Å²) in [5.74, 6) is 0. The standard InChI is InChI=1S/C46H28N2O/c1-3-12-29(13-4-1)43-44(30-14-5-2-6-15-30)48-46-45(47-43)41-28-34(23-25-42(41)49-46)32-17-11-16-31(26-32)33-22-24-39-37-20-8-7-18-35(37)36-19-9-10-21-38(36)40(39)27-33/h1-28H. The molecule has 8 aromatic carbocycles. The van der Waals surface area contributed by atoms with Crippen LogP contribution in [0.4, 0.5) is 0 Å². The number of rotatable bonds is 4. The molecule has 0 aliphatic carbocycles.